The fourth-order valence-corrected chi connectivity index (χ4v) is 6.31. The molecule has 0 bridgehead atoms. The lowest BCUT2D eigenvalue weighted by Gasteiger charge is -2.11. The average Bonchev–Trinajstić information content (AvgIpc) is 2.98. The van der Waals surface area contributed by atoms with Gasteiger partial charge in [-0.25, -0.2) is 8.42 Å². The number of nitrogens with zero attached hydrogens (tertiary/aromatic N) is 4. The molecule has 7 N–H and O–H groups in total. The lowest BCUT2D eigenvalue weighted by Crippen LogP contribution is -1.98. The lowest BCUT2D eigenvalue weighted by atomic mass is 10.1. The van der Waals surface area contributed by atoms with Gasteiger partial charge in [-0.05, 0) is 72.1 Å². The van der Waals surface area contributed by atoms with Crippen molar-refractivity contribution in [3.63, 3.8) is 0 Å². The van der Waals surface area contributed by atoms with Crippen LogP contribution < -0.4 is 5.73 Å². The Hall–Kier alpha value is -4.54. The van der Waals surface area contributed by atoms with E-state index in [1.807, 2.05) is 0 Å². The normalized spacial score (nSPS) is 14.0. The summed E-state index contributed by atoms with van der Waals surface area (Å²) in [5, 5.41) is 27.6. The quantitative estimate of drug-likeness (QED) is 0.0486. The zero-order valence-corrected chi connectivity index (χ0v) is 25.9. The predicted octanol–water partition coefficient (Wildman–Crippen LogP) is 5.77. The molecule has 0 amide bonds. The Morgan fingerprint density at radius 3 is 1.74 bits per heavy atom. The SMILES string of the molecule is Nc1cc2c(O)c(N=Nc3ccc(N=Nc4ccc(S(=O)(=O)O)cc4)c4ccc(S(=O)(=O)O)cc34)c(S(=O)O)cc2cc1S(=O)O. The molecule has 5 rings (SSSR count). The fraction of sp³-hybridized carbons (Fsp3) is 0. The van der Waals surface area contributed by atoms with Gasteiger partial charge in [0.1, 0.15) is 5.69 Å². The molecule has 0 heterocycles. The Morgan fingerprint density at radius 2 is 1.15 bits per heavy atom. The van der Waals surface area contributed by atoms with E-state index in [2.05, 4.69) is 20.5 Å². The van der Waals surface area contributed by atoms with Crippen LogP contribution in [0.4, 0.5) is 28.4 Å². The Bertz CT molecular complexity index is 2400. The third-order valence-corrected chi connectivity index (χ3v) is 9.60. The highest BCUT2D eigenvalue weighted by molar-refractivity contribution is 7.86. The first-order valence-electron chi connectivity index (χ1n) is 12.3. The van der Waals surface area contributed by atoms with Crippen LogP contribution in [-0.4, -0.2) is 48.6 Å². The second kappa shape index (κ2) is 12.3. The summed E-state index contributed by atoms with van der Waals surface area (Å²) >= 11 is -5.22. The van der Waals surface area contributed by atoms with Crippen molar-refractivity contribution in [2.24, 2.45) is 20.5 Å². The van der Waals surface area contributed by atoms with Gasteiger partial charge in [0.25, 0.3) is 20.2 Å². The van der Waals surface area contributed by atoms with Gasteiger partial charge in [0, 0.05) is 16.2 Å². The molecule has 0 aliphatic rings. The number of fused-ring (bicyclic) bond motifs is 2. The summed E-state index contributed by atoms with van der Waals surface area (Å²) in [6.07, 6.45) is 0. The van der Waals surface area contributed by atoms with Gasteiger partial charge in [-0.3, -0.25) is 9.11 Å². The molecule has 0 fully saturated rings. The molecule has 5 aromatic rings. The third-order valence-electron chi connectivity index (χ3n) is 6.46. The van der Waals surface area contributed by atoms with Crippen LogP contribution in [0.5, 0.6) is 5.75 Å². The summed E-state index contributed by atoms with van der Waals surface area (Å²) in [5.41, 5.74) is 5.58. The van der Waals surface area contributed by atoms with Gasteiger partial charge in [0.15, 0.2) is 27.9 Å². The number of benzene rings is 5. The molecule has 238 valence electrons. The van der Waals surface area contributed by atoms with E-state index in [1.165, 1.54) is 36.4 Å². The van der Waals surface area contributed by atoms with Crippen molar-refractivity contribution in [1.29, 1.82) is 0 Å². The minimum atomic E-state index is -4.69. The van der Waals surface area contributed by atoms with Crippen molar-refractivity contribution < 1.29 is 48.6 Å². The first kappa shape index (κ1) is 32.8. The molecular weight excluding hydrogens is 687 g/mol. The molecule has 2 atom stereocenters. The molecule has 5 aromatic carbocycles. The number of phenolic OH excluding ortho intramolecular Hbond substituents is 1. The molecule has 0 saturated carbocycles. The van der Waals surface area contributed by atoms with Crippen LogP contribution in [0, 0.1) is 0 Å². The van der Waals surface area contributed by atoms with E-state index < -0.39 is 63.6 Å². The molecule has 2 unspecified atom stereocenters. The Morgan fingerprint density at radius 1 is 0.609 bits per heavy atom. The standard InChI is InChI=1S/C26H19N5O11S4/c27-20-12-18-13(9-23(20)43(33)34)10-24(44(35)36)25(26(18)32)31-30-22-8-7-21(17-6-5-16(11-19(17)22)46(40,41)42)29-28-14-1-3-15(4-2-14)45(37,38)39/h1-12,32H,27H2,(H,33,34)(H,35,36)(H,37,38,39)(H,40,41,42). The van der Waals surface area contributed by atoms with E-state index >= 15 is 0 Å². The van der Waals surface area contributed by atoms with Crippen LogP contribution in [0.25, 0.3) is 21.5 Å². The molecule has 46 heavy (non-hydrogen) atoms. The topological polar surface area (TPSA) is 279 Å². The highest BCUT2D eigenvalue weighted by Gasteiger charge is 2.20. The zero-order valence-electron chi connectivity index (χ0n) is 22.6. The fourth-order valence-electron chi connectivity index (χ4n) is 4.30. The van der Waals surface area contributed by atoms with Crippen molar-refractivity contribution in [3.8, 4) is 5.75 Å². The number of hydrogen-bond donors (Lipinski definition) is 6. The van der Waals surface area contributed by atoms with E-state index in [1.54, 1.807) is 0 Å². The maximum atomic E-state index is 12.2. The molecule has 0 aliphatic carbocycles. The highest BCUT2D eigenvalue weighted by atomic mass is 32.2. The van der Waals surface area contributed by atoms with Crippen molar-refractivity contribution in [1.82, 2.24) is 0 Å². The van der Waals surface area contributed by atoms with E-state index in [4.69, 9.17) is 10.3 Å². The first-order valence-corrected chi connectivity index (χ1v) is 17.4. The number of rotatable bonds is 8. The second-order valence-corrected chi connectivity index (χ2v) is 14.1. The van der Waals surface area contributed by atoms with Crippen LogP contribution in [0.1, 0.15) is 0 Å². The number of aromatic hydroxyl groups is 1. The van der Waals surface area contributed by atoms with Gasteiger partial charge in [0.2, 0.25) is 0 Å². The first-order chi connectivity index (χ1) is 21.5. The number of nitrogens with two attached hydrogens (primary N) is 1. The van der Waals surface area contributed by atoms with Gasteiger partial charge in [-0.1, -0.05) is 6.07 Å². The van der Waals surface area contributed by atoms with E-state index in [9.17, 15) is 44.0 Å². The number of phenols is 1. The summed E-state index contributed by atoms with van der Waals surface area (Å²) in [7, 11) is -9.11. The Kier molecular flexibility index (Phi) is 8.81. The van der Waals surface area contributed by atoms with Crippen molar-refractivity contribution in [2.75, 3.05) is 5.73 Å². The zero-order chi connectivity index (χ0) is 33.6. The maximum Gasteiger partial charge on any atom is 0.294 e. The second-order valence-electron chi connectivity index (χ2n) is 9.34. The summed E-state index contributed by atoms with van der Waals surface area (Å²) < 4.78 is 108. The van der Waals surface area contributed by atoms with Crippen LogP contribution in [0.15, 0.2) is 113 Å². The smallest absolute Gasteiger partial charge is 0.294 e. The summed E-state index contributed by atoms with van der Waals surface area (Å²) in [6, 6.07) is 14.5. The third kappa shape index (κ3) is 6.68. The van der Waals surface area contributed by atoms with E-state index in [0.717, 1.165) is 36.4 Å². The number of nitrogen functional groups attached to an aromatic ring is 1. The van der Waals surface area contributed by atoms with E-state index in [0.29, 0.717) is 0 Å². The molecule has 0 aromatic heterocycles. The van der Waals surface area contributed by atoms with Gasteiger partial charge >= 0.3 is 0 Å². The number of azo groups is 2. The molecule has 20 heteroatoms. The highest BCUT2D eigenvalue weighted by Crippen LogP contribution is 2.43. The monoisotopic (exact) mass is 705 g/mol. The van der Waals surface area contributed by atoms with Crippen LogP contribution in [0.2, 0.25) is 0 Å². The van der Waals surface area contributed by atoms with E-state index in [-0.39, 0.29) is 54.1 Å². The van der Waals surface area contributed by atoms with Crippen LogP contribution >= 0.6 is 0 Å². The van der Waals surface area contributed by atoms with Crippen molar-refractivity contribution >= 4 is 92.4 Å². The Balaban J connectivity index is 1.65. The summed E-state index contributed by atoms with van der Waals surface area (Å²) in [4.78, 5) is -1.47. The largest absolute Gasteiger partial charge is 0.505 e. The molecule has 0 aliphatic heterocycles. The van der Waals surface area contributed by atoms with Crippen molar-refractivity contribution in [3.05, 3.63) is 72.8 Å². The van der Waals surface area contributed by atoms with Crippen LogP contribution in [0.3, 0.4) is 0 Å². The molecule has 0 spiro atoms. The van der Waals surface area contributed by atoms with Crippen LogP contribution in [-0.2, 0) is 42.4 Å². The molecule has 0 saturated heterocycles. The maximum absolute atomic E-state index is 12.2. The lowest BCUT2D eigenvalue weighted by molar-refractivity contribution is 0.480. The van der Waals surface area contributed by atoms with Gasteiger partial charge in [-0.15, -0.1) is 15.3 Å². The number of anilines is 1. The average molecular weight is 706 g/mol. The molecular formula is C26H19N5O11S4. The van der Waals surface area contributed by atoms with Crippen molar-refractivity contribution in [2.45, 2.75) is 19.6 Å². The summed E-state index contributed by atoms with van der Waals surface area (Å²) in [5.74, 6) is -0.631. The molecule has 0 radical (unpaired) electrons. The van der Waals surface area contributed by atoms with Gasteiger partial charge in [-0.2, -0.15) is 21.9 Å². The predicted molar refractivity (Wildman–Crippen MR) is 166 cm³/mol. The van der Waals surface area contributed by atoms with Gasteiger partial charge in [0.05, 0.1) is 42.3 Å². The van der Waals surface area contributed by atoms with Gasteiger partial charge < -0.3 is 19.9 Å². The Labute approximate surface area is 264 Å². The molecule has 16 nitrogen and oxygen atoms in total. The minimum absolute atomic E-state index is 0.0220. The number of hydrogen-bond acceptors (Lipinski definition) is 12. The minimum Gasteiger partial charge on any atom is -0.505 e. The summed E-state index contributed by atoms with van der Waals surface area (Å²) in [6.45, 7) is 0.